The van der Waals surface area contributed by atoms with Crippen molar-refractivity contribution in [3.63, 3.8) is 0 Å². The molecule has 0 radical (unpaired) electrons. The van der Waals surface area contributed by atoms with Gasteiger partial charge in [-0.25, -0.2) is 4.90 Å². The summed E-state index contributed by atoms with van der Waals surface area (Å²) in [5.41, 5.74) is -0.240. The first kappa shape index (κ1) is 11.8. The van der Waals surface area contributed by atoms with Gasteiger partial charge >= 0.3 is 6.30 Å². The Kier molecular flexibility index (Phi) is 3.57. The molecular formula is C9H7ClF3NO. The van der Waals surface area contributed by atoms with E-state index >= 15 is 0 Å². The third kappa shape index (κ3) is 2.86. The van der Waals surface area contributed by atoms with E-state index in [1.54, 1.807) is 6.07 Å². The summed E-state index contributed by atoms with van der Waals surface area (Å²) >= 11 is 5.11. The molecule has 0 saturated carbocycles. The summed E-state index contributed by atoms with van der Waals surface area (Å²) in [4.78, 5) is 10.8. The third-order valence-electron chi connectivity index (χ3n) is 1.63. The highest BCUT2D eigenvalue weighted by atomic mass is 35.5. The van der Waals surface area contributed by atoms with E-state index in [1.165, 1.54) is 24.3 Å². The van der Waals surface area contributed by atoms with Gasteiger partial charge in [-0.2, -0.15) is 0 Å². The van der Waals surface area contributed by atoms with E-state index in [4.69, 9.17) is 11.6 Å². The topological polar surface area (TPSA) is 20.3 Å². The van der Waals surface area contributed by atoms with Crippen molar-refractivity contribution < 1.29 is 18.0 Å². The number of benzene rings is 1. The van der Waals surface area contributed by atoms with Gasteiger partial charge in [0.05, 0.1) is 5.69 Å². The standard InChI is InChI=1S/C9H7ClF3NO/c10-6-8(15)14(9(11,12)13)7-4-2-1-3-5-7/h1-5H,6H2. The summed E-state index contributed by atoms with van der Waals surface area (Å²) in [6.45, 7) is 0. The van der Waals surface area contributed by atoms with E-state index in [0.29, 0.717) is 0 Å². The van der Waals surface area contributed by atoms with Gasteiger partial charge in [-0.3, -0.25) is 4.79 Å². The molecule has 0 unspecified atom stereocenters. The molecule has 82 valence electrons. The molecule has 2 nitrogen and oxygen atoms in total. The van der Waals surface area contributed by atoms with Gasteiger partial charge in [0, 0.05) is 0 Å². The Morgan fingerprint density at radius 3 is 2.20 bits per heavy atom. The van der Waals surface area contributed by atoms with Crippen molar-refractivity contribution in [3.05, 3.63) is 30.3 Å². The average Bonchev–Trinajstić information content (AvgIpc) is 2.17. The molecule has 1 rings (SSSR count). The van der Waals surface area contributed by atoms with Gasteiger partial charge in [-0.1, -0.05) is 18.2 Å². The van der Waals surface area contributed by atoms with Crippen LogP contribution in [0.2, 0.25) is 0 Å². The molecule has 0 fully saturated rings. The normalized spacial score (nSPS) is 11.2. The predicted octanol–water partition coefficient (Wildman–Crippen LogP) is 2.78. The molecule has 0 heterocycles. The van der Waals surface area contributed by atoms with E-state index in [1.807, 2.05) is 0 Å². The maximum absolute atomic E-state index is 12.5. The third-order valence-corrected chi connectivity index (χ3v) is 1.86. The Bertz CT molecular complexity index is 339. The monoisotopic (exact) mass is 237 g/mol. The minimum atomic E-state index is -4.76. The molecule has 0 bridgehead atoms. The Morgan fingerprint density at radius 1 is 1.27 bits per heavy atom. The van der Waals surface area contributed by atoms with Crippen molar-refractivity contribution in [2.45, 2.75) is 6.30 Å². The largest absolute Gasteiger partial charge is 0.491 e. The van der Waals surface area contributed by atoms with Crippen molar-refractivity contribution in [1.82, 2.24) is 0 Å². The molecule has 1 aromatic carbocycles. The summed E-state index contributed by atoms with van der Waals surface area (Å²) < 4.78 is 37.5. The molecule has 15 heavy (non-hydrogen) atoms. The van der Waals surface area contributed by atoms with Crippen molar-refractivity contribution in [2.75, 3.05) is 10.8 Å². The Balaban J connectivity index is 3.08. The highest BCUT2D eigenvalue weighted by molar-refractivity contribution is 6.29. The van der Waals surface area contributed by atoms with E-state index in [2.05, 4.69) is 0 Å². The number of rotatable bonds is 2. The highest BCUT2D eigenvalue weighted by Crippen LogP contribution is 2.28. The molecule has 0 N–H and O–H groups in total. The van der Waals surface area contributed by atoms with Crippen LogP contribution < -0.4 is 4.90 Å². The van der Waals surface area contributed by atoms with Gasteiger partial charge in [0.25, 0.3) is 0 Å². The number of carbonyl (C=O) groups is 1. The van der Waals surface area contributed by atoms with Crippen molar-refractivity contribution >= 4 is 23.2 Å². The first-order valence-electron chi connectivity index (χ1n) is 3.97. The molecule has 0 atom stereocenters. The molecule has 0 spiro atoms. The number of amides is 1. The van der Waals surface area contributed by atoms with E-state index < -0.39 is 18.1 Å². The minimum Gasteiger partial charge on any atom is -0.273 e. The summed E-state index contributed by atoms with van der Waals surface area (Å²) in [6, 6.07) is 6.77. The Hall–Kier alpha value is -1.23. The van der Waals surface area contributed by atoms with Crippen LogP contribution in [-0.4, -0.2) is 18.1 Å². The lowest BCUT2D eigenvalue weighted by Crippen LogP contribution is -2.43. The summed E-state index contributed by atoms with van der Waals surface area (Å²) in [5.74, 6) is -1.91. The number of hydrogen-bond acceptors (Lipinski definition) is 1. The maximum atomic E-state index is 12.5. The Labute approximate surface area is 89.2 Å². The zero-order chi connectivity index (χ0) is 11.5. The maximum Gasteiger partial charge on any atom is 0.491 e. The van der Waals surface area contributed by atoms with Crippen LogP contribution in [0.15, 0.2) is 30.3 Å². The minimum absolute atomic E-state index is 0.240. The quantitative estimate of drug-likeness (QED) is 0.572. The number of nitrogens with zero attached hydrogens (tertiary/aromatic N) is 1. The van der Waals surface area contributed by atoms with Crippen LogP contribution in [0, 0.1) is 0 Å². The fourth-order valence-corrected chi connectivity index (χ4v) is 1.19. The molecule has 0 saturated heterocycles. The smallest absolute Gasteiger partial charge is 0.273 e. The second-order valence-corrected chi connectivity index (χ2v) is 2.93. The number of anilines is 1. The van der Waals surface area contributed by atoms with E-state index in [0.717, 1.165) is 0 Å². The predicted molar refractivity (Wildman–Crippen MR) is 50.7 cm³/mol. The lowest BCUT2D eigenvalue weighted by molar-refractivity contribution is -0.148. The van der Waals surface area contributed by atoms with E-state index in [-0.39, 0.29) is 10.6 Å². The van der Waals surface area contributed by atoms with Crippen molar-refractivity contribution in [1.29, 1.82) is 0 Å². The van der Waals surface area contributed by atoms with Crippen LogP contribution in [0.3, 0.4) is 0 Å². The molecule has 0 aliphatic heterocycles. The first-order valence-corrected chi connectivity index (χ1v) is 4.51. The van der Waals surface area contributed by atoms with Crippen LogP contribution in [0.5, 0.6) is 0 Å². The van der Waals surface area contributed by atoms with Gasteiger partial charge in [0.2, 0.25) is 5.91 Å². The van der Waals surface area contributed by atoms with Crippen LogP contribution in [-0.2, 0) is 4.79 Å². The number of para-hydroxylation sites is 1. The van der Waals surface area contributed by atoms with Gasteiger partial charge in [-0.15, -0.1) is 24.8 Å². The molecule has 6 heteroatoms. The number of carbonyl (C=O) groups excluding carboxylic acids is 1. The zero-order valence-corrected chi connectivity index (χ0v) is 8.22. The van der Waals surface area contributed by atoms with Crippen LogP contribution in [0.1, 0.15) is 0 Å². The van der Waals surface area contributed by atoms with Gasteiger partial charge in [0.1, 0.15) is 5.88 Å². The summed E-state index contributed by atoms with van der Waals surface area (Å²) in [5, 5.41) is 0. The number of halogens is 4. The van der Waals surface area contributed by atoms with Crippen LogP contribution >= 0.6 is 11.6 Å². The fraction of sp³-hybridized carbons (Fsp3) is 0.222. The fourth-order valence-electron chi connectivity index (χ4n) is 1.07. The molecule has 1 aromatic rings. The number of alkyl halides is 4. The van der Waals surface area contributed by atoms with Crippen LogP contribution in [0.25, 0.3) is 0 Å². The second-order valence-electron chi connectivity index (χ2n) is 2.67. The molecule has 1 amide bonds. The molecular weight excluding hydrogens is 231 g/mol. The second kappa shape index (κ2) is 4.53. The zero-order valence-electron chi connectivity index (χ0n) is 7.46. The van der Waals surface area contributed by atoms with Crippen molar-refractivity contribution in [3.8, 4) is 0 Å². The van der Waals surface area contributed by atoms with Gasteiger partial charge in [-0.05, 0) is 12.1 Å². The summed E-state index contributed by atoms with van der Waals surface area (Å²) in [6.07, 6.45) is -4.76. The van der Waals surface area contributed by atoms with E-state index in [9.17, 15) is 18.0 Å². The average molecular weight is 238 g/mol. The molecule has 0 aliphatic carbocycles. The van der Waals surface area contributed by atoms with Crippen LogP contribution in [0.4, 0.5) is 18.9 Å². The Morgan fingerprint density at radius 2 is 1.80 bits per heavy atom. The molecule has 0 aliphatic rings. The lowest BCUT2D eigenvalue weighted by Gasteiger charge is -2.24. The van der Waals surface area contributed by atoms with Gasteiger partial charge < -0.3 is 0 Å². The molecule has 0 aromatic heterocycles. The SMILES string of the molecule is O=C(CCl)N(c1ccccc1)C(F)(F)F. The van der Waals surface area contributed by atoms with Gasteiger partial charge in [0.15, 0.2) is 0 Å². The first-order chi connectivity index (χ1) is 6.96. The lowest BCUT2D eigenvalue weighted by atomic mass is 10.3. The highest BCUT2D eigenvalue weighted by Gasteiger charge is 2.41. The summed E-state index contributed by atoms with van der Waals surface area (Å²) in [7, 11) is 0. The number of hydrogen-bond donors (Lipinski definition) is 0. The van der Waals surface area contributed by atoms with Crippen molar-refractivity contribution in [2.24, 2.45) is 0 Å².